The van der Waals surface area contributed by atoms with Crippen molar-refractivity contribution >= 4 is 45.5 Å². The highest BCUT2D eigenvalue weighted by molar-refractivity contribution is 7.99. The van der Waals surface area contributed by atoms with Crippen molar-refractivity contribution in [2.75, 3.05) is 11.1 Å². The van der Waals surface area contributed by atoms with Gasteiger partial charge in [0, 0.05) is 18.0 Å². The summed E-state index contributed by atoms with van der Waals surface area (Å²) in [6.45, 7) is 2.05. The molecule has 0 aliphatic rings. The Morgan fingerprint density at radius 2 is 2.00 bits per heavy atom. The lowest BCUT2D eigenvalue weighted by atomic mass is 10.1. The van der Waals surface area contributed by atoms with E-state index in [4.69, 9.17) is 0 Å². The summed E-state index contributed by atoms with van der Waals surface area (Å²) in [5.41, 5.74) is 3.11. The van der Waals surface area contributed by atoms with Crippen LogP contribution in [-0.4, -0.2) is 31.4 Å². The van der Waals surface area contributed by atoms with Gasteiger partial charge in [-0.05, 0) is 18.4 Å². The molecule has 28 heavy (non-hydrogen) atoms. The van der Waals surface area contributed by atoms with Crippen LogP contribution in [0.3, 0.4) is 0 Å². The summed E-state index contributed by atoms with van der Waals surface area (Å²) in [6, 6.07) is 12.2. The second-order valence-corrected chi connectivity index (χ2v) is 8.83. The first-order valence-electron chi connectivity index (χ1n) is 8.48. The molecule has 0 bridgehead atoms. The van der Waals surface area contributed by atoms with Gasteiger partial charge in [0.15, 0.2) is 16.1 Å². The predicted octanol–water partition coefficient (Wildman–Crippen LogP) is 4.71. The number of aromatic nitrogens is 4. The average molecular weight is 428 g/mol. The number of hydrogen-bond acceptors (Lipinski definition) is 7. The first-order valence-corrected chi connectivity index (χ1v) is 11.2. The fourth-order valence-electron chi connectivity index (χ4n) is 2.53. The predicted molar refractivity (Wildman–Crippen MR) is 116 cm³/mol. The number of rotatable bonds is 6. The van der Waals surface area contributed by atoms with Gasteiger partial charge in [-0.1, -0.05) is 47.7 Å². The molecule has 0 aliphatic heterocycles. The molecule has 0 fully saturated rings. The standard InChI is InChI=1S/C19H17N5OS3/c1-12-5-7-13(8-6-12)14-10-27-18(20-14)21-16(25)11-28-19-23-22-17(24(19)2)15-4-3-9-26-15/h3-10H,11H2,1-2H3,(H,20,21,25). The molecule has 1 aromatic carbocycles. The van der Waals surface area contributed by atoms with Crippen molar-refractivity contribution in [3.05, 3.63) is 52.7 Å². The lowest BCUT2D eigenvalue weighted by Gasteiger charge is -2.03. The second-order valence-electron chi connectivity index (χ2n) is 6.08. The van der Waals surface area contributed by atoms with E-state index in [2.05, 4.69) is 39.6 Å². The fraction of sp³-hybridized carbons (Fsp3) is 0.158. The van der Waals surface area contributed by atoms with Crippen LogP contribution < -0.4 is 5.32 Å². The molecule has 6 nitrogen and oxygen atoms in total. The summed E-state index contributed by atoms with van der Waals surface area (Å²) in [5, 5.41) is 16.5. The number of thiazole rings is 1. The van der Waals surface area contributed by atoms with E-state index >= 15 is 0 Å². The van der Waals surface area contributed by atoms with Gasteiger partial charge in [0.25, 0.3) is 0 Å². The lowest BCUT2D eigenvalue weighted by Crippen LogP contribution is -2.14. The lowest BCUT2D eigenvalue weighted by molar-refractivity contribution is -0.113. The molecular formula is C19H17N5OS3. The summed E-state index contributed by atoms with van der Waals surface area (Å²) >= 11 is 4.39. The molecule has 0 radical (unpaired) electrons. The molecule has 0 saturated carbocycles. The normalized spacial score (nSPS) is 10.9. The molecule has 0 saturated heterocycles. The molecule has 0 atom stereocenters. The Labute approximate surface area is 174 Å². The van der Waals surface area contributed by atoms with Crippen molar-refractivity contribution in [1.82, 2.24) is 19.7 Å². The summed E-state index contributed by atoms with van der Waals surface area (Å²) < 4.78 is 1.91. The van der Waals surface area contributed by atoms with E-state index in [-0.39, 0.29) is 11.7 Å². The quantitative estimate of drug-likeness (QED) is 0.451. The molecule has 0 spiro atoms. The number of thiophene rings is 1. The Morgan fingerprint density at radius 1 is 1.18 bits per heavy atom. The molecule has 3 aromatic heterocycles. The average Bonchev–Trinajstić information content (AvgIpc) is 3.42. The minimum atomic E-state index is -0.115. The topological polar surface area (TPSA) is 72.7 Å². The first kappa shape index (κ1) is 18.9. The van der Waals surface area contributed by atoms with Crippen LogP contribution >= 0.6 is 34.4 Å². The molecule has 1 N–H and O–H groups in total. The van der Waals surface area contributed by atoms with Gasteiger partial charge in [-0.15, -0.1) is 32.9 Å². The van der Waals surface area contributed by atoms with Crippen molar-refractivity contribution in [3.8, 4) is 22.0 Å². The molecular weight excluding hydrogens is 410 g/mol. The molecule has 4 rings (SSSR count). The smallest absolute Gasteiger partial charge is 0.236 e. The third-order valence-electron chi connectivity index (χ3n) is 4.01. The molecule has 4 aromatic rings. The number of nitrogens with zero attached hydrogens (tertiary/aromatic N) is 4. The monoisotopic (exact) mass is 427 g/mol. The zero-order valence-corrected chi connectivity index (χ0v) is 17.7. The number of amides is 1. The Kier molecular flexibility index (Phi) is 5.56. The van der Waals surface area contributed by atoms with Crippen molar-refractivity contribution in [2.24, 2.45) is 7.05 Å². The van der Waals surface area contributed by atoms with E-state index in [9.17, 15) is 4.79 Å². The van der Waals surface area contributed by atoms with Crippen LogP contribution in [0.1, 0.15) is 5.56 Å². The zero-order valence-electron chi connectivity index (χ0n) is 15.2. The molecule has 0 aliphatic carbocycles. The number of carbonyl (C=O) groups excluding carboxylic acids is 1. The SMILES string of the molecule is Cc1ccc(-c2csc(NC(=O)CSc3nnc(-c4cccs4)n3C)n2)cc1. The van der Waals surface area contributed by atoms with Crippen molar-refractivity contribution in [1.29, 1.82) is 0 Å². The summed E-state index contributed by atoms with van der Waals surface area (Å²) in [4.78, 5) is 17.9. The van der Waals surface area contributed by atoms with Gasteiger partial charge < -0.3 is 9.88 Å². The Balaban J connectivity index is 1.36. The van der Waals surface area contributed by atoms with Gasteiger partial charge in [0.05, 0.1) is 16.3 Å². The number of aryl methyl sites for hydroxylation is 1. The minimum absolute atomic E-state index is 0.115. The van der Waals surface area contributed by atoms with Crippen LogP contribution in [-0.2, 0) is 11.8 Å². The van der Waals surface area contributed by atoms with Crippen LogP contribution in [0.25, 0.3) is 22.0 Å². The molecule has 3 heterocycles. The third-order valence-corrected chi connectivity index (χ3v) is 6.65. The largest absolute Gasteiger partial charge is 0.304 e. The van der Waals surface area contributed by atoms with Gasteiger partial charge in [-0.25, -0.2) is 4.98 Å². The van der Waals surface area contributed by atoms with Gasteiger partial charge in [-0.3, -0.25) is 4.79 Å². The van der Waals surface area contributed by atoms with Crippen LogP contribution in [0.15, 0.2) is 52.3 Å². The second kappa shape index (κ2) is 8.26. The Hall–Kier alpha value is -2.49. The number of carbonyl (C=O) groups is 1. The number of thioether (sulfide) groups is 1. The van der Waals surface area contributed by atoms with Crippen LogP contribution in [0, 0.1) is 6.92 Å². The highest BCUT2D eigenvalue weighted by Gasteiger charge is 2.14. The van der Waals surface area contributed by atoms with Crippen molar-refractivity contribution < 1.29 is 4.79 Å². The zero-order chi connectivity index (χ0) is 19.5. The number of anilines is 1. The van der Waals surface area contributed by atoms with Crippen molar-refractivity contribution in [3.63, 3.8) is 0 Å². The minimum Gasteiger partial charge on any atom is -0.304 e. The summed E-state index contributed by atoms with van der Waals surface area (Å²) in [6.07, 6.45) is 0. The highest BCUT2D eigenvalue weighted by atomic mass is 32.2. The molecule has 9 heteroatoms. The summed E-state index contributed by atoms with van der Waals surface area (Å²) in [5.74, 6) is 0.937. The van der Waals surface area contributed by atoms with Crippen LogP contribution in [0.4, 0.5) is 5.13 Å². The van der Waals surface area contributed by atoms with Gasteiger partial charge in [0.1, 0.15) is 0 Å². The van der Waals surface area contributed by atoms with Gasteiger partial charge >= 0.3 is 0 Å². The van der Waals surface area contributed by atoms with E-state index in [1.165, 1.54) is 28.7 Å². The maximum absolute atomic E-state index is 12.3. The van der Waals surface area contributed by atoms with Gasteiger partial charge in [-0.2, -0.15) is 0 Å². The van der Waals surface area contributed by atoms with E-state index in [1.807, 2.05) is 46.6 Å². The van der Waals surface area contributed by atoms with Gasteiger partial charge in [0.2, 0.25) is 5.91 Å². The Bertz CT molecular complexity index is 1080. The molecule has 0 unspecified atom stereocenters. The van der Waals surface area contributed by atoms with E-state index in [1.54, 1.807) is 11.3 Å². The van der Waals surface area contributed by atoms with Crippen LogP contribution in [0.5, 0.6) is 0 Å². The molecule has 1 amide bonds. The third kappa shape index (κ3) is 4.16. The first-order chi connectivity index (χ1) is 13.6. The Morgan fingerprint density at radius 3 is 2.75 bits per heavy atom. The number of hydrogen-bond donors (Lipinski definition) is 1. The van der Waals surface area contributed by atoms with E-state index in [0.717, 1.165) is 22.0 Å². The van der Waals surface area contributed by atoms with Crippen LogP contribution in [0.2, 0.25) is 0 Å². The molecule has 142 valence electrons. The van der Waals surface area contributed by atoms with Crippen molar-refractivity contribution in [2.45, 2.75) is 12.1 Å². The fourth-order valence-corrected chi connectivity index (χ4v) is 4.73. The summed E-state index contributed by atoms with van der Waals surface area (Å²) in [7, 11) is 1.91. The maximum atomic E-state index is 12.3. The van der Waals surface area contributed by atoms with E-state index in [0.29, 0.717) is 10.3 Å². The number of benzene rings is 1. The maximum Gasteiger partial charge on any atom is 0.236 e. The van der Waals surface area contributed by atoms with E-state index < -0.39 is 0 Å². The number of nitrogens with one attached hydrogen (secondary N) is 1. The highest BCUT2D eigenvalue weighted by Crippen LogP contribution is 2.27.